The minimum atomic E-state index is -0.483. The Morgan fingerprint density at radius 3 is 2.55 bits per heavy atom. The van der Waals surface area contributed by atoms with E-state index >= 15 is 0 Å². The zero-order chi connectivity index (χ0) is 15.4. The highest BCUT2D eigenvalue weighted by Crippen LogP contribution is 2.17. The van der Waals surface area contributed by atoms with Gasteiger partial charge in [-0.3, -0.25) is 4.98 Å². The van der Waals surface area contributed by atoms with Gasteiger partial charge in [0.25, 0.3) is 0 Å². The van der Waals surface area contributed by atoms with Crippen molar-refractivity contribution in [2.45, 2.75) is 58.7 Å². The summed E-state index contributed by atoms with van der Waals surface area (Å²) in [5.74, 6) is 0. The molecule has 0 bridgehead atoms. The molecule has 6 heteroatoms. The Hall–Kier alpha value is -1.14. The van der Waals surface area contributed by atoms with Crippen LogP contribution in [-0.2, 0) is 4.74 Å². The predicted molar refractivity (Wildman–Crippen MR) is 82.0 cm³/mol. The van der Waals surface area contributed by atoms with Gasteiger partial charge in [0.15, 0.2) is 0 Å². The van der Waals surface area contributed by atoms with Gasteiger partial charge < -0.3 is 15.4 Å². The van der Waals surface area contributed by atoms with Crippen LogP contribution in [0.5, 0.6) is 0 Å². The van der Waals surface area contributed by atoms with E-state index in [9.17, 15) is 4.79 Å². The average Bonchev–Trinajstić information content (AvgIpc) is 2.75. The lowest BCUT2D eigenvalue weighted by Crippen LogP contribution is -2.51. The summed E-state index contributed by atoms with van der Waals surface area (Å²) in [6.45, 7) is 12.2. The minimum absolute atomic E-state index is 0.210. The smallest absolute Gasteiger partial charge is 0.408 e. The fourth-order valence-corrected chi connectivity index (χ4v) is 2.23. The van der Waals surface area contributed by atoms with E-state index in [1.54, 1.807) is 11.3 Å². The number of rotatable bonds is 5. The summed E-state index contributed by atoms with van der Waals surface area (Å²) in [5, 5.41) is 6.27. The lowest BCUT2D eigenvalue weighted by Gasteiger charge is -2.30. The third-order valence-corrected chi connectivity index (χ3v) is 3.53. The summed E-state index contributed by atoms with van der Waals surface area (Å²) < 4.78 is 5.27. The summed E-state index contributed by atoms with van der Waals surface area (Å²) in [7, 11) is 0. The minimum Gasteiger partial charge on any atom is -0.444 e. The molecule has 0 saturated heterocycles. The van der Waals surface area contributed by atoms with Crippen molar-refractivity contribution in [3.63, 3.8) is 0 Å². The third kappa shape index (κ3) is 6.34. The van der Waals surface area contributed by atoms with Crippen molar-refractivity contribution in [2.24, 2.45) is 0 Å². The second kappa shape index (κ2) is 6.54. The van der Waals surface area contributed by atoms with Gasteiger partial charge in [-0.2, -0.15) is 0 Å². The molecule has 1 aromatic heterocycles. The highest BCUT2D eigenvalue weighted by atomic mass is 32.1. The zero-order valence-corrected chi connectivity index (χ0v) is 13.9. The van der Waals surface area contributed by atoms with Gasteiger partial charge in [0, 0.05) is 23.7 Å². The second-order valence-corrected chi connectivity index (χ2v) is 7.44. The molecular weight excluding hydrogens is 274 g/mol. The SMILES string of the molecule is CC(NCC(C)(C)NC(=O)OC(C)(C)C)c1cncs1. The van der Waals surface area contributed by atoms with Crippen molar-refractivity contribution in [3.05, 3.63) is 16.6 Å². The number of hydrogen-bond acceptors (Lipinski definition) is 5. The van der Waals surface area contributed by atoms with Crippen LogP contribution in [0.2, 0.25) is 0 Å². The zero-order valence-electron chi connectivity index (χ0n) is 13.1. The van der Waals surface area contributed by atoms with Gasteiger partial charge in [0.05, 0.1) is 11.0 Å². The Morgan fingerprint density at radius 2 is 2.05 bits per heavy atom. The average molecular weight is 299 g/mol. The monoisotopic (exact) mass is 299 g/mol. The van der Waals surface area contributed by atoms with E-state index in [-0.39, 0.29) is 11.6 Å². The third-order valence-electron chi connectivity index (χ3n) is 2.57. The van der Waals surface area contributed by atoms with E-state index in [1.807, 2.05) is 46.3 Å². The summed E-state index contributed by atoms with van der Waals surface area (Å²) in [6.07, 6.45) is 1.46. The Labute approximate surface area is 125 Å². The Balaban J connectivity index is 2.43. The number of nitrogens with one attached hydrogen (secondary N) is 2. The maximum atomic E-state index is 11.8. The van der Waals surface area contributed by atoms with Crippen LogP contribution in [0.3, 0.4) is 0 Å². The molecule has 1 rings (SSSR count). The van der Waals surface area contributed by atoms with Gasteiger partial charge >= 0.3 is 6.09 Å². The predicted octanol–water partition coefficient (Wildman–Crippen LogP) is 3.10. The fraction of sp³-hybridized carbons (Fsp3) is 0.714. The van der Waals surface area contributed by atoms with Gasteiger partial charge in [-0.25, -0.2) is 4.79 Å². The van der Waals surface area contributed by atoms with Crippen molar-refractivity contribution in [1.82, 2.24) is 15.6 Å². The topological polar surface area (TPSA) is 63.2 Å². The van der Waals surface area contributed by atoms with Crippen LogP contribution >= 0.6 is 11.3 Å². The molecular formula is C14H25N3O2S. The van der Waals surface area contributed by atoms with Gasteiger partial charge in [0.1, 0.15) is 5.60 Å². The van der Waals surface area contributed by atoms with Crippen molar-refractivity contribution in [3.8, 4) is 0 Å². The van der Waals surface area contributed by atoms with Crippen LogP contribution < -0.4 is 10.6 Å². The number of thiazole rings is 1. The summed E-state index contributed by atoms with van der Waals surface area (Å²) in [5.41, 5.74) is 0.947. The van der Waals surface area contributed by atoms with Gasteiger partial charge in [-0.1, -0.05) is 0 Å². The van der Waals surface area contributed by atoms with Gasteiger partial charge in [-0.05, 0) is 41.5 Å². The van der Waals surface area contributed by atoms with E-state index in [2.05, 4.69) is 22.5 Å². The Bertz CT molecular complexity index is 424. The Morgan fingerprint density at radius 1 is 1.40 bits per heavy atom. The van der Waals surface area contributed by atoms with Crippen LogP contribution in [0.4, 0.5) is 4.79 Å². The maximum absolute atomic E-state index is 11.8. The first-order valence-electron chi connectivity index (χ1n) is 6.72. The molecule has 0 aromatic carbocycles. The van der Waals surface area contributed by atoms with E-state index in [0.29, 0.717) is 6.54 Å². The largest absolute Gasteiger partial charge is 0.444 e. The lowest BCUT2D eigenvalue weighted by atomic mass is 10.1. The first kappa shape index (κ1) is 16.9. The lowest BCUT2D eigenvalue weighted by molar-refractivity contribution is 0.0471. The molecule has 20 heavy (non-hydrogen) atoms. The molecule has 1 heterocycles. The summed E-state index contributed by atoms with van der Waals surface area (Å²) in [4.78, 5) is 17.0. The number of nitrogens with zero attached hydrogens (tertiary/aromatic N) is 1. The first-order chi connectivity index (χ1) is 9.09. The van der Waals surface area contributed by atoms with Crippen molar-refractivity contribution in [1.29, 1.82) is 0 Å². The molecule has 1 unspecified atom stereocenters. The molecule has 0 radical (unpaired) electrons. The molecule has 0 aliphatic carbocycles. The van der Waals surface area contributed by atoms with Crippen molar-refractivity contribution >= 4 is 17.4 Å². The number of ether oxygens (including phenoxy) is 1. The molecule has 0 aliphatic heterocycles. The first-order valence-corrected chi connectivity index (χ1v) is 7.60. The van der Waals surface area contributed by atoms with Crippen LogP contribution in [-0.4, -0.2) is 28.8 Å². The number of aromatic nitrogens is 1. The summed E-state index contributed by atoms with van der Waals surface area (Å²) >= 11 is 1.62. The van der Waals surface area contributed by atoms with Crippen LogP contribution in [0.25, 0.3) is 0 Å². The quantitative estimate of drug-likeness (QED) is 0.877. The second-order valence-electron chi connectivity index (χ2n) is 6.52. The van der Waals surface area contributed by atoms with E-state index in [1.165, 1.54) is 4.88 Å². The Kier molecular flexibility index (Phi) is 5.53. The van der Waals surface area contributed by atoms with Crippen LogP contribution in [0.1, 0.15) is 52.5 Å². The van der Waals surface area contributed by atoms with Crippen LogP contribution in [0.15, 0.2) is 11.7 Å². The van der Waals surface area contributed by atoms with Gasteiger partial charge in [0.2, 0.25) is 0 Å². The molecule has 5 nitrogen and oxygen atoms in total. The van der Waals surface area contributed by atoms with Crippen molar-refractivity contribution in [2.75, 3.05) is 6.54 Å². The number of amides is 1. The van der Waals surface area contributed by atoms with E-state index < -0.39 is 11.7 Å². The van der Waals surface area contributed by atoms with Crippen LogP contribution in [0, 0.1) is 0 Å². The number of hydrogen-bond donors (Lipinski definition) is 2. The van der Waals surface area contributed by atoms with Gasteiger partial charge in [-0.15, -0.1) is 11.3 Å². The molecule has 0 saturated carbocycles. The molecule has 1 amide bonds. The molecule has 114 valence electrons. The number of carbonyl (C=O) groups is 1. The molecule has 1 aromatic rings. The molecule has 2 N–H and O–H groups in total. The summed E-state index contributed by atoms with van der Waals surface area (Å²) in [6, 6.07) is 0.210. The molecule has 0 spiro atoms. The number of carbonyl (C=O) groups excluding carboxylic acids is 1. The number of alkyl carbamates (subject to hydrolysis) is 1. The van der Waals surface area contributed by atoms with E-state index in [4.69, 9.17) is 4.74 Å². The highest BCUT2D eigenvalue weighted by molar-refractivity contribution is 7.09. The molecule has 0 fully saturated rings. The normalized spacial score (nSPS) is 13.9. The fourth-order valence-electron chi connectivity index (χ4n) is 1.57. The van der Waals surface area contributed by atoms with Crippen molar-refractivity contribution < 1.29 is 9.53 Å². The highest BCUT2D eigenvalue weighted by Gasteiger charge is 2.25. The standard InChI is InChI=1S/C14H25N3O2S/c1-10(11-7-15-9-20-11)16-8-14(5,6)17-12(18)19-13(2,3)4/h7,9-10,16H,8H2,1-6H3,(H,17,18). The van der Waals surface area contributed by atoms with E-state index in [0.717, 1.165) is 0 Å². The maximum Gasteiger partial charge on any atom is 0.408 e. The molecule has 0 aliphatic rings. The molecule has 1 atom stereocenters.